The van der Waals surface area contributed by atoms with Crippen molar-refractivity contribution in [3.05, 3.63) is 6.07 Å². The fraction of sp³-hybridized carbons (Fsp3) is 0.636. The number of nitrogens with zero attached hydrogens (tertiary/aromatic N) is 3. The molecule has 0 spiro atoms. The van der Waals surface area contributed by atoms with Gasteiger partial charge < -0.3 is 14.4 Å². The molecule has 2 heterocycles. The Labute approximate surface area is 95.4 Å². The topological polar surface area (TPSA) is 47.5 Å². The molecule has 0 radical (unpaired) electrons. The highest BCUT2D eigenvalue weighted by Gasteiger charge is 2.14. The molecule has 0 bridgehead atoms. The maximum Gasteiger partial charge on any atom is 0.321 e. The van der Waals surface area contributed by atoms with Gasteiger partial charge in [0, 0.05) is 19.2 Å². The van der Waals surface area contributed by atoms with E-state index >= 15 is 0 Å². The minimum absolute atomic E-state index is 0.361. The largest absolute Gasteiger partial charge is 0.481 e. The lowest BCUT2D eigenvalue weighted by molar-refractivity contribution is 0.351. The van der Waals surface area contributed by atoms with Crippen LogP contribution in [0.4, 0.5) is 5.82 Å². The van der Waals surface area contributed by atoms with Crippen molar-refractivity contribution >= 4 is 5.82 Å². The highest BCUT2D eigenvalue weighted by atomic mass is 16.5. The van der Waals surface area contributed by atoms with Crippen LogP contribution in [0, 0.1) is 0 Å². The Kier molecular flexibility index (Phi) is 3.44. The Balaban J connectivity index is 2.24. The molecule has 0 N–H and O–H groups in total. The van der Waals surface area contributed by atoms with E-state index in [1.807, 2.05) is 6.07 Å². The number of anilines is 1. The van der Waals surface area contributed by atoms with Crippen molar-refractivity contribution in [1.29, 1.82) is 0 Å². The molecule has 0 amide bonds. The monoisotopic (exact) mass is 223 g/mol. The van der Waals surface area contributed by atoms with Crippen LogP contribution in [0.5, 0.6) is 11.9 Å². The third kappa shape index (κ3) is 2.35. The maximum atomic E-state index is 5.13. The number of methoxy groups -OCH3 is 2. The van der Waals surface area contributed by atoms with Crippen LogP contribution in [0.25, 0.3) is 0 Å². The van der Waals surface area contributed by atoms with E-state index in [2.05, 4.69) is 14.9 Å². The Morgan fingerprint density at radius 1 is 1.06 bits per heavy atom. The molecule has 1 saturated heterocycles. The first-order valence-electron chi connectivity index (χ1n) is 5.55. The van der Waals surface area contributed by atoms with Crippen LogP contribution in [0.15, 0.2) is 6.07 Å². The molecule has 1 aromatic rings. The molecule has 16 heavy (non-hydrogen) atoms. The zero-order valence-corrected chi connectivity index (χ0v) is 9.77. The standard InChI is InChI=1S/C11H17N3O2/c1-15-10-8-9(12-11(13-10)16-2)14-6-4-3-5-7-14/h8H,3-7H2,1-2H3. The highest BCUT2D eigenvalue weighted by molar-refractivity contribution is 5.43. The lowest BCUT2D eigenvalue weighted by Crippen LogP contribution is -2.30. The Bertz CT molecular complexity index is 329. The first-order valence-corrected chi connectivity index (χ1v) is 5.55. The zero-order chi connectivity index (χ0) is 11.4. The molecule has 5 heteroatoms. The average molecular weight is 223 g/mol. The summed E-state index contributed by atoms with van der Waals surface area (Å²) < 4.78 is 10.2. The van der Waals surface area contributed by atoms with Gasteiger partial charge >= 0.3 is 6.01 Å². The van der Waals surface area contributed by atoms with Crippen LogP contribution in [-0.2, 0) is 0 Å². The van der Waals surface area contributed by atoms with Gasteiger partial charge in [-0.25, -0.2) is 0 Å². The summed E-state index contributed by atoms with van der Waals surface area (Å²) in [7, 11) is 3.16. The molecule has 0 saturated carbocycles. The molecule has 0 aromatic carbocycles. The molecule has 0 aliphatic carbocycles. The molecule has 1 aliphatic rings. The number of hydrogen-bond acceptors (Lipinski definition) is 5. The van der Waals surface area contributed by atoms with Gasteiger partial charge in [0.25, 0.3) is 0 Å². The molecule has 2 rings (SSSR count). The maximum absolute atomic E-state index is 5.13. The Morgan fingerprint density at radius 3 is 2.44 bits per heavy atom. The fourth-order valence-electron chi connectivity index (χ4n) is 1.87. The fourth-order valence-corrected chi connectivity index (χ4v) is 1.87. The number of rotatable bonds is 3. The van der Waals surface area contributed by atoms with Crippen molar-refractivity contribution in [3.63, 3.8) is 0 Å². The molecular formula is C11H17N3O2. The van der Waals surface area contributed by atoms with E-state index in [1.54, 1.807) is 14.2 Å². The van der Waals surface area contributed by atoms with Crippen LogP contribution in [0.2, 0.25) is 0 Å². The van der Waals surface area contributed by atoms with E-state index in [4.69, 9.17) is 9.47 Å². The van der Waals surface area contributed by atoms with Gasteiger partial charge in [-0.1, -0.05) is 0 Å². The third-order valence-electron chi connectivity index (χ3n) is 2.74. The molecule has 1 fully saturated rings. The summed E-state index contributed by atoms with van der Waals surface area (Å²) >= 11 is 0. The summed E-state index contributed by atoms with van der Waals surface area (Å²) in [5, 5.41) is 0. The first kappa shape index (κ1) is 11.0. The lowest BCUT2D eigenvalue weighted by Gasteiger charge is -2.27. The normalized spacial score (nSPS) is 16.0. The average Bonchev–Trinajstić information content (AvgIpc) is 2.39. The lowest BCUT2D eigenvalue weighted by atomic mass is 10.1. The molecule has 1 aliphatic heterocycles. The van der Waals surface area contributed by atoms with Crippen molar-refractivity contribution in [2.45, 2.75) is 19.3 Å². The summed E-state index contributed by atoms with van der Waals surface area (Å²) in [5.74, 6) is 1.44. The summed E-state index contributed by atoms with van der Waals surface area (Å²) in [4.78, 5) is 10.7. The number of hydrogen-bond donors (Lipinski definition) is 0. The summed E-state index contributed by atoms with van der Waals surface area (Å²) in [6, 6.07) is 2.22. The van der Waals surface area contributed by atoms with Gasteiger partial charge in [0.2, 0.25) is 5.88 Å². The van der Waals surface area contributed by atoms with E-state index in [9.17, 15) is 0 Å². The second-order valence-corrected chi connectivity index (χ2v) is 3.80. The molecule has 1 aromatic heterocycles. The van der Waals surface area contributed by atoms with Crippen molar-refractivity contribution < 1.29 is 9.47 Å². The molecule has 88 valence electrons. The van der Waals surface area contributed by atoms with Gasteiger partial charge in [0.15, 0.2) is 0 Å². The quantitative estimate of drug-likeness (QED) is 0.776. The minimum atomic E-state index is 0.361. The third-order valence-corrected chi connectivity index (χ3v) is 2.74. The van der Waals surface area contributed by atoms with Crippen molar-refractivity contribution in [3.8, 4) is 11.9 Å². The number of ether oxygens (including phenoxy) is 2. The molecule has 0 unspecified atom stereocenters. The second kappa shape index (κ2) is 5.01. The van der Waals surface area contributed by atoms with E-state index in [-0.39, 0.29) is 0 Å². The zero-order valence-electron chi connectivity index (χ0n) is 9.77. The predicted molar refractivity (Wildman–Crippen MR) is 61.2 cm³/mol. The Hall–Kier alpha value is -1.52. The van der Waals surface area contributed by atoms with Gasteiger partial charge in [-0.2, -0.15) is 9.97 Å². The van der Waals surface area contributed by atoms with E-state index in [0.717, 1.165) is 18.9 Å². The summed E-state index contributed by atoms with van der Waals surface area (Å²) in [6.45, 7) is 2.09. The molecular weight excluding hydrogens is 206 g/mol. The predicted octanol–water partition coefficient (Wildman–Crippen LogP) is 1.48. The van der Waals surface area contributed by atoms with E-state index in [0.29, 0.717) is 11.9 Å². The number of aromatic nitrogens is 2. The molecule has 5 nitrogen and oxygen atoms in total. The summed E-state index contributed by atoms with van der Waals surface area (Å²) in [5.41, 5.74) is 0. The highest BCUT2D eigenvalue weighted by Crippen LogP contribution is 2.23. The van der Waals surface area contributed by atoms with E-state index < -0.39 is 0 Å². The van der Waals surface area contributed by atoms with Crippen LogP contribution in [0.3, 0.4) is 0 Å². The van der Waals surface area contributed by atoms with E-state index in [1.165, 1.54) is 19.3 Å². The van der Waals surface area contributed by atoms with Crippen LogP contribution in [-0.4, -0.2) is 37.3 Å². The first-order chi connectivity index (χ1) is 7.83. The number of piperidine rings is 1. The van der Waals surface area contributed by atoms with Gasteiger partial charge in [-0.15, -0.1) is 0 Å². The smallest absolute Gasteiger partial charge is 0.321 e. The van der Waals surface area contributed by atoms with Crippen molar-refractivity contribution in [1.82, 2.24) is 9.97 Å². The Morgan fingerprint density at radius 2 is 1.81 bits per heavy atom. The van der Waals surface area contributed by atoms with Crippen molar-refractivity contribution in [2.24, 2.45) is 0 Å². The van der Waals surface area contributed by atoms with Gasteiger partial charge in [-0.05, 0) is 19.3 Å². The van der Waals surface area contributed by atoms with Crippen LogP contribution >= 0.6 is 0 Å². The second-order valence-electron chi connectivity index (χ2n) is 3.80. The van der Waals surface area contributed by atoms with Crippen molar-refractivity contribution in [2.75, 3.05) is 32.2 Å². The van der Waals surface area contributed by atoms with Crippen LogP contribution in [0.1, 0.15) is 19.3 Å². The van der Waals surface area contributed by atoms with Gasteiger partial charge in [-0.3, -0.25) is 0 Å². The SMILES string of the molecule is COc1cc(N2CCCCC2)nc(OC)n1. The van der Waals surface area contributed by atoms with Gasteiger partial charge in [0.1, 0.15) is 5.82 Å². The summed E-state index contributed by atoms with van der Waals surface area (Å²) in [6.07, 6.45) is 3.74. The van der Waals surface area contributed by atoms with Gasteiger partial charge in [0.05, 0.1) is 14.2 Å². The molecule has 0 atom stereocenters. The van der Waals surface area contributed by atoms with Crippen LogP contribution < -0.4 is 14.4 Å². The minimum Gasteiger partial charge on any atom is -0.481 e.